The van der Waals surface area contributed by atoms with E-state index in [0.717, 1.165) is 10.4 Å². The summed E-state index contributed by atoms with van der Waals surface area (Å²) in [6.07, 6.45) is 0.681. The molecule has 0 saturated carbocycles. The van der Waals surface area contributed by atoms with Crippen molar-refractivity contribution in [2.24, 2.45) is 0 Å². The minimum atomic E-state index is -0.700. The molecule has 0 bridgehead atoms. The Morgan fingerprint density at radius 2 is 2.30 bits per heavy atom. The van der Waals surface area contributed by atoms with Gasteiger partial charge < -0.3 is 10.4 Å². The van der Waals surface area contributed by atoms with E-state index in [9.17, 15) is 9.90 Å². The monoisotopic (exact) mass is 293 g/mol. The van der Waals surface area contributed by atoms with Crippen molar-refractivity contribution in [3.63, 3.8) is 0 Å². The van der Waals surface area contributed by atoms with Crippen LogP contribution in [0.2, 0.25) is 0 Å². The number of nitrogens with one attached hydrogen (secondary N) is 1. The summed E-state index contributed by atoms with van der Waals surface area (Å²) >= 11 is 1.43. The molecule has 0 aromatic carbocycles. The summed E-state index contributed by atoms with van der Waals surface area (Å²) in [5, 5.41) is 22.4. The maximum Gasteiger partial charge on any atom is 0.239 e. The first kappa shape index (κ1) is 15.0. The fraction of sp³-hybridized carbons (Fsp3) is 0.571. The van der Waals surface area contributed by atoms with Crippen LogP contribution in [0.3, 0.4) is 0 Å². The van der Waals surface area contributed by atoms with Crippen LogP contribution in [0.25, 0.3) is 0 Å². The van der Waals surface area contributed by atoms with Crippen LogP contribution in [0, 0.1) is 25.2 Å². The van der Waals surface area contributed by atoms with Gasteiger partial charge >= 0.3 is 0 Å². The molecule has 1 aliphatic rings. The van der Waals surface area contributed by atoms with Crippen LogP contribution in [0.4, 0.5) is 5.00 Å². The van der Waals surface area contributed by atoms with Gasteiger partial charge in [-0.05, 0) is 32.8 Å². The molecule has 1 unspecified atom stereocenters. The molecule has 1 fully saturated rings. The van der Waals surface area contributed by atoms with E-state index in [0.29, 0.717) is 30.1 Å². The van der Waals surface area contributed by atoms with Gasteiger partial charge in [0.2, 0.25) is 5.91 Å². The van der Waals surface area contributed by atoms with E-state index in [4.69, 9.17) is 5.26 Å². The molecule has 2 heterocycles. The first-order valence-electron chi connectivity index (χ1n) is 6.57. The number of anilines is 1. The van der Waals surface area contributed by atoms with Gasteiger partial charge in [0, 0.05) is 18.0 Å². The average molecular weight is 293 g/mol. The summed E-state index contributed by atoms with van der Waals surface area (Å²) in [5.41, 5.74) is 0.778. The van der Waals surface area contributed by atoms with Gasteiger partial charge in [-0.3, -0.25) is 9.69 Å². The van der Waals surface area contributed by atoms with Crippen LogP contribution in [0.1, 0.15) is 29.3 Å². The molecule has 6 heteroatoms. The molecule has 108 valence electrons. The number of β-amino-alcohol motifs (C(OH)–C–C–N with tert-alkyl or cyclic N) is 1. The third kappa shape index (κ3) is 3.18. The molecule has 1 saturated heterocycles. The number of aliphatic hydroxyl groups is 1. The summed E-state index contributed by atoms with van der Waals surface area (Å²) in [4.78, 5) is 15.0. The first-order chi connectivity index (χ1) is 9.32. The number of likely N-dealkylation sites (tertiary alicyclic amines) is 1. The van der Waals surface area contributed by atoms with E-state index >= 15 is 0 Å². The second-order valence-corrected chi connectivity index (χ2v) is 6.83. The van der Waals surface area contributed by atoms with E-state index in [1.807, 2.05) is 18.7 Å². The van der Waals surface area contributed by atoms with E-state index in [2.05, 4.69) is 11.4 Å². The lowest BCUT2D eigenvalue weighted by Crippen LogP contribution is -2.35. The Morgan fingerprint density at radius 3 is 2.85 bits per heavy atom. The van der Waals surface area contributed by atoms with Crippen molar-refractivity contribution in [1.29, 1.82) is 5.26 Å². The molecule has 1 aromatic rings. The maximum atomic E-state index is 12.0. The molecule has 0 radical (unpaired) electrons. The van der Waals surface area contributed by atoms with Crippen molar-refractivity contribution in [3.8, 4) is 6.07 Å². The first-order valence-corrected chi connectivity index (χ1v) is 7.39. The van der Waals surface area contributed by atoms with Crippen molar-refractivity contribution in [2.75, 3.05) is 25.0 Å². The van der Waals surface area contributed by atoms with Gasteiger partial charge in [-0.2, -0.15) is 5.26 Å². The van der Waals surface area contributed by atoms with Crippen molar-refractivity contribution in [1.82, 2.24) is 4.90 Å². The Hall–Kier alpha value is -1.42. The predicted octanol–water partition coefficient (Wildman–Crippen LogP) is 1.63. The summed E-state index contributed by atoms with van der Waals surface area (Å²) in [6.45, 7) is 7.08. The van der Waals surface area contributed by atoms with Gasteiger partial charge in [-0.25, -0.2) is 0 Å². The Labute approximate surface area is 122 Å². The summed E-state index contributed by atoms with van der Waals surface area (Å²) in [5.74, 6) is -0.138. The molecule has 2 N–H and O–H groups in total. The van der Waals surface area contributed by atoms with Gasteiger partial charge in [0.05, 0.1) is 17.7 Å². The van der Waals surface area contributed by atoms with Crippen LogP contribution >= 0.6 is 11.3 Å². The SMILES string of the molecule is Cc1sc(NC(=O)CN2CCC(C)(O)C2)c(C#N)c1C. The fourth-order valence-electron chi connectivity index (χ4n) is 2.39. The zero-order valence-corrected chi connectivity index (χ0v) is 12.8. The highest BCUT2D eigenvalue weighted by Gasteiger charge is 2.32. The number of aryl methyl sites for hydroxylation is 1. The minimum Gasteiger partial charge on any atom is -0.389 e. The number of hydrogen-bond donors (Lipinski definition) is 2. The molecule has 20 heavy (non-hydrogen) atoms. The number of carbonyl (C=O) groups is 1. The molecule has 1 aliphatic heterocycles. The number of rotatable bonds is 3. The van der Waals surface area contributed by atoms with Crippen LogP contribution in [0.5, 0.6) is 0 Å². The quantitative estimate of drug-likeness (QED) is 0.888. The Balaban J connectivity index is 1.99. The number of carbonyl (C=O) groups excluding carboxylic acids is 1. The lowest BCUT2D eigenvalue weighted by Gasteiger charge is -2.18. The second-order valence-electron chi connectivity index (χ2n) is 5.60. The number of nitriles is 1. The van der Waals surface area contributed by atoms with E-state index < -0.39 is 5.60 Å². The lowest BCUT2D eigenvalue weighted by molar-refractivity contribution is -0.117. The van der Waals surface area contributed by atoms with Crippen LogP contribution in [-0.2, 0) is 4.79 Å². The molecule has 2 rings (SSSR count). The maximum absolute atomic E-state index is 12.0. The number of thiophene rings is 1. The topological polar surface area (TPSA) is 76.4 Å². The number of amides is 1. The normalized spacial score (nSPS) is 22.8. The van der Waals surface area contributed by atoms with Gasteiger partial charge in [0.1, 0.15) is 11.1 Å². The Morgan fingerprint density at radius 1 is 1.60 bits per heavy atom. The molecular formula is C14H19N3O2S. The van der Waals surface area contributed by atoms with Gasteiger partial charge in [-0.15, -0.1) is 11.3 Å². The highest BCUT2D eigenvalue weighted by Crippen LogP contribution is 2.31. The smallest absolute Gasteiger partial charge is 0.239 e. The van der Waals surface area contributed by atoms with E-state index in [1.165, 1.54) is 11.3 Å². The standard InChI is InChI=1S/C14H19N3O2S/c1-9-10(2)20-13(11(9)6-15)16-12(18)7-17-5-4-14(3,19)8-17/h19H,4-5,7-8H2,1-3H3,(H,16,18). The van der Waals surface area contributed by atoms with E-state index in [1.54, 1.807) is 6.92 Å². The summed E-state index contributed by atoms with van der Waals surface area (Å²) in [6, 6.07) is 2.14. The van der Waals surface area contributed by atoms with Gasteiger partial charge in [0.25, 0.3) is 0 Å². The molecule has 0 spiro atoms. The summed E-state index contributed by atoms with van der Waals surface area (Å²) in [7, 11) is 0. The van der Waals surface area contributed by atoms with Crippen molar-refractivity contribution >= 4 is 22.2 Å². The third-order valence-electron chi connectivity index (χ3n) is 3.65. The van der Waals surface area contributed by atoms with Gasteiger partial charge in [0.15, 0.2) is 0 Å². The minimum absolute atomic E-state index is 0.138. The Kier molecular flexibility index (Phi) is 4.14. The van der Waals surface area contributed by atoms with Crippen molar-refractivity contribution in [3.05, 3.63) is 16.0 Å². The molecule has 1 aromatic heterocycles. The van der Waals surface area contributed by atoms with Crippen LogP contribution in [0.15, 0.2) is 0 Å². The van der Waals surface area contributed by atoms with Crippen molar-refractivity contribution < 1.29 is 9.90 Å². The average Bonchev–Trinajstić information content (AvgIpc) is 2.80. The molecule has 1 amide bonds. The largest absolute Gasteiger partial charge is 0.389 e. The molecular weight excluding hydrogens is 274 g/mol. The number of hydrogen-bond acceptors (Lipinski definition) is 5. The molecule has 0 aliphatic carbocycles. The molecule has 5 nitrogen and oxygen atoms in total. The predicted molar refractivity (Wildman–Crippen MR) is 78.8 cm³/mol. The van der Waals surface area contributed by atoms with Crippen molar-refractivity contribution in [2.45, 2.75) is 32.8 Å². The highest BCUT2D eigenvalue weighted by molar-refractivity contribution is 7.16. The second kappa shape index (κ2) is 5.52. The van der Waals surface area contributed by atoms with Gasteiger partial charge in [-0.1, -0.05) is 0 Å². The van der Waals surface area contributed by atoms with Crippen LogP contribution < -0.4 is 5.32 Å². The van der Waals surface area contributed by atoms with Crippen LogP contribution in [-0.4, -0.2) is 41.1 Å². The Bertz CT molecular complexity index is 572. The van der Waals surface area contributed by atoms with E-state index in [-0.39, 0.29) is 12.5 Å². The third-order valence-corrected chi connectivity index (χ3v) is 4.77. The highest BCUT2D eigenvalue weighted by atomic mass is 32.1. The number of nitrogens with zero attached hydrogens (tertiary/aromatic N) is 2. The zero-order valence-electron chi connectivity index (χ0n) is 12.0. The fourth-order valence-corrected chi connectivity index (χ4v) is 3.42. The molecule has 1 atom stereocenters. The summed E-state index contributed by atoms with van der Waals surface area (Å²) < 4.78 is 0. The zero-order chi connectivity index (χ0) is 14.9. The lowest BCUT2D eigenvalue weighted by atomic mass is 10.1.